The van der Waals surface area contributed by atoms with Crippen LogP contribution in [0.1, 0.15) is 30.0 Å². The quantitative estimate of drug-likeness (QED) is 0.911. The molecule has 1 N–H and O–H groups in total. The first kappa shape index (κ1) is 16.6. The van der Waals surface area contributed by atoms with E-state index in [-0.39, 0.29) is 16.4 Å². The molecule has 0 amide bonds. The highest BCUT2D eigenvalue weighted by molar-refractivity contribution is 7.89. The van der Waals surface area contributed by atoms with Gasteiger partial charge in [-0.2, -0.15) is 0 Å². The number of hydrogen-bond donors (Lipinski definition) is 1. The minimum absolute atomic E-state index is 0.154. The van der Waals surface area contributed by atoms with Crippen molar-refractivity contribution in [1.29, 1.82) is 0 Å². The van der Waals surface area contributed by atoms with E-state index in [2.05, 4.69) is 9.71 Å². The Morgan fingerprint density at radius 1 is 1.20 bits per heavy atom. The predicted molar refractivity (Wildman–Crippen MR) is 89.9 cm³/mol. The SMILES string of the molecule is O=S(=O)(NC1c2ccccc2CC12CCOCC2)c1cncc(F)c1. The second kappa shape index (κ2) is 6.16. The summed E-state index contributed by atoms with van der Waals surface area (Å²) in [6.45, 7) is 1.24. The van der Waals surface area contributed by atoms with Crippen molar-refractivity contribution in [3.05, 3.63) is 59.7 Å². The van der Waals surface area contributed by atoms with Crippen molar-refractivity contribution < 1.29 is 17.5 Å². The Labute approximate surface area is 146 Å². The molecule has 132 valence electrons. The highest BCUT2D eigenvalue weighted by Gasteiger charge is 2.48. The van der Waals surface area contributed by atoms with Gasteiger partial charge in [0, 0.05) is 19.4 Å². The summed E-state index contributed by atoms with van der Waals surface area (Å²) in [6, 6.07) is 8.55. The maximum atomic E-state index is 13.4. The van der Waals surface area contributed by atoms with Gasteiger partial charge in [0.1, 0.15) is 10.7 Å². The molecule has 1 aromatic carbocycles. The number of fused-ring (bicyclic) bond motifs is 1. The second-order valence-corrected chi connectivity index (χ2v) is 8.46. The number of aromatic nitrogens is 1. The van der Waals surface area contributed by atoms with Crippen LogP contribution in [0.15, 0.2) is 47.6 Å². The van der Waals surface area contributed by atoms with Gasteiger partial charge < -0.3 is 4.74 Å². The molecule has 0 saturated carbocycles. The molecule has 2 aliphatic rings. The minimum Gasteiger partial charge on any atom is -0.381 e. The predicted octanol–water partition coefficient (Wildman–Crippen LogP) is 2.59. The molecule has 7 heteroatoms. The average molecular weight is 362 g/mol. The number of pyridine rings is 1. The van der Waals surface area contributed by atoms with Crippen molar-refractivity contribution in [2.24, 2.45) is 5.41 Å². The van der Waals surface area contributed by atoms with Crippen LogP contribution >= 0.6 is 0 Å². The number of nitrogens with one attached hydrogen (secondary N) is 1. The molecular formula is C18H19FN2O3S. The molecule has 1 aliphatic carbocycles. The van der Waals surface area contributed by atoms with Crippen LogP contribution in [0.4, 0.5) is 4.39 Å². The highest BCUT2D eigenvalue weighted by Crippen LogP contribution is 2.52. The monoisotopic (exact) mass is 362 g/mol. The second-order valence-electron chi connectivity index (χ2n) is 6.74. The summed E-state index contributed by atoms with van der Waals surface area (Å²) in [5, 5.41) is 0. The fraction of sp³-hybridized carbons (Fsp3) is 0.389. The zero-order valence-corrected chi connectivity index (χ0v) is 14.4. The molecular weight excluding hydrogens is 343 g/mol. The van der Waals surface area contributed by atoms with Gasteiger partial charge in [-0.25, -0.2) is 17.5 Å². The van der Waals surface area contributed by atoms with Crippen molar-refractivity contribution in [2.75, 3.05) is 13.2 Å². The summed E-state index contributed by atoms with van der Waals surface area (Å²) < 4.78 is 47.4. The van der Waals surface area contributed by atoms with Gasteiger partial charge in [-0.15, -0.1) is 0 Å². The first-order valence-corrected chi connectivity index (χ1v) is 9.77. The lowest BCUT2D eigenvalue weighted by molar-refractivity contribution is 0.00411. The summed E-state index contributed by atoms with van der Waals surface area (Å²) in [6.07, 6.45) is 4.56. The van der Waals surface area contributed by atoms with Crippen LogP contribution in [0.25, 0.3) is 0 Å². The summed E-state index contributed by atoms with van der Waals surface area (Å²) in [5.74, 6) is -0.671. The lowest BCUT2D eigenvalue weighted by Crippen LogP contribution is -2.42. The van der Waals surface area contributed by atoms with Crippen molar-refractivity contribution in [1.82, 2.24) is 9.71 Å². The molecule has 0 radical (unpaired) electrons. The Morgan fingerprint density at radius 3 is 2.72 bits per heavy atom. The Balaban J connectivity index is 1.73. The van der Waals surface area contributed by atoms with E-state index >= 15 is 0 Å². The maximum Gasteiger partial charge on any atom is 0.242 e. The van der Waals surface area contributed by atoms with E-state index in [1.54, 1.807) is 0 Å². The molecule has 1 aromatic heterocycles. The first-order valence-electron chi connectivity index (χ1n) is 8.29. The minimum atomic E-state index is -3.88. The van der Waals surface area contributed by atoms with Crippen LogP contribution in [-0.4, -0.2) is 26.6 Å². The van der Waals surface area contributed by atoms with Gasteiger partial charge in [0.15, 0.2) is 0 Å². The van der Waals surface area contributed by atoms with Gasteiger partial charge in [-0.3, -0.25) is 4.98 Å². The van der Waals surface area contributed by atoms with Crippen molar-refractivity contribution in [3.63, 3.8) is 0 Å². The number of hydrogen-bond acceptors (Lipinski definition) is 4. The van der Waals surface area contributed by atoms with E-state index in [0.29, 0.717) is 13.2 Å². The highest BCUT2D eigenvalue weighted by atomic mass is 32.2. The molecule has 1 spiro atoms. The Bertz CT molecular complexity index is 895. The van der Waals surface area contributed by atoms with Crippen molar-refractivity contribution in [3.8, 4) is 0 Å². The molecule has 25 heavy (non-hydrogen) atoms. The molecule has 2 aromatic rings. The van der Waals surface area contributed by atoms with Crippen molar-refractivity contribution in [2.45, 2.75) is 30.2 Å². The van der Waals surface area contributed by atoms with Crippen LogP contribution < -0.4 is 4.72 Å². The van der Waals surface area contributed by atoms with Gasteiger partial charge in [0.05, 0.1) is 12.2 Å². The third-order valence-electron chi connectivity index (χ3n) is 5.27. The van der Waals surface area contributed by atoms with E-state index in [1.165, 1.54) is 6.20 Å². The van der Waals surface area contributed by atoms with Crippen LogP contribution in [0, 0.1) is 11.2 Å². The zero-order chi connectivity index (χ0) is 17.5. The largest absolute Gasteiger partial charge is 0.381 e. The van der Waals surface area contributed by atoms with Gasteiger partial charge in [0.25, 0.3) is 0 Å². The molecule has 1 saturated heterocycles. The maximum absolute atomic E-state index is 13.4. The van der Waals surface area contributed by atoms with Crippen LogP contribution in [-0.2, 0) is 21.2 Å². The normalized spacial score (nSPS) is 22.0. The van der Waals surface area contributed by atoms with Gasteiger partial charge in [0.2, 0.25) is 10.0 Å². The first-order chi connectivity index (χ1) is 12.0. The smallest absolute Gasteiger partial charge is 0.242 e. The van der Waals surface area contributed by atoms with E-state index in [1.807, 2.05) is 24.3 Å². The van der Waals surface area contributed by atoms with E-state index < -0.39 is 15.8 Å². The summed E-state index contributed by atoms with van der Waals surface area (Å²) in [7, 11) is -3.88. The third-order valence-corrected chi connectivity index (χ3v) is 6.66. The number of ether oxygens (including phenoxy) is 1. The number of rotatable bonds is 3. The Morgan fingerprint density at radius 2 is 1.96 bits per heavy atom. The molecule has 1 atom stereocenters. The van der Waals surface area contributed by atoms with E-state index in [0.717, 1.165) is 42.7 Å². The molecule has 1 aliphatic heterocycles. The van der Waals surface area contributed by atoms with E-state index in [9.17, 15) is 12.8 Å². The Hall–Kier alpha value is -1.83. The fourth-order valence-corrected chi connectivity index (χ4v) is 5.27. The molecule has 2 heterocycles. The topological polar surface area (TPSA) is 68.3 Å². The standard InChI is InChI=1S/C18H19FN2O3S/c19-14-9-15(12-20-11-14)25(22,23)21-17-16-4-2-1-3-13(16)10-18(17)5-7-24-8-6-18/h1-4,9,11-12,17,21H,5-8,10H2. The molecule has 5 nitrogen and oxygen atoms in total. The molecule has 0 bridgehead atoms. The lowest BCUT2D eigenvalue weighted by Gasteiger charge is -2.39. The number of sulfonamides is 1. The summed E-state index contributed by atoms with van der Waals surface area (Å²) in [4.78, 5) is 3.51. The molecule has 4 rings (SSSR count). The third kappa shape index (κ3) is 2.96. The summed E-state index contributed by atoms with van der Waals surface area (Å²) in [5.41, 5.74) is 1.96. The van der Waals surface area contributed by atoms with Gasteiger partial charge in [-0.1, -0.05) is 24.3 Å². The van der Waals surface area contributed by atoms with Crippen LogP contribution in [0.3, 0.4) is 0 Å². The molecule has 1 fully saturated rings. The molecule has 1 unspecified atom stereocenters. The number of halogens is 1. The zero-order valence-electron chi connectivity index (χ0n) is 13.6. The lowest BCUT2D eigenvalue weighted by atomic mass is 9.75. The van der Waals surface area contributed by atoms with Crippen LogP contribution in [0.2, 0.25) is 0 Å². The van der Waals surface area contributed by atoms with Gasteiger partial charge >= 0.3 is 0 Å². The summed E-state index contributed by atoms with van der Waals surface area (Å²) >= 11 is 0. The van der Waals surface area contributed by atoms with Crippen LogP contribution in [0.5, 0.6) is 0 Å². The fourth-order valence-electron chi connectivity index (χ4n) is 3.98. The van der Waals surface area contributed by atoms with Gasteiger partial charge in [-0.05, 0) is 41.9 Å². The Kier molecular flexibility index (Phi) is 4.10. The average Bonchev–Trinajstić information content (AvgIpc) is 2.88. The van der Waals surface area contributed by atoms with Crippen molar-refractivity contribution >= 4 is 10.0 Å². The number of benzene rings is 1. The number of nitrogens with zero attached hydrogens (tertiary/aromatic N) is 1. The van der Waals surface area contributed by atoms with E-state index in [4.69, 9.17) is 4.74 Å².